The molecule has 2 nitrogen and oxygen atoms in total. The minimum absolute atomic E-state index is 0.155. The summed E-state index contributed by atoms with van der Waals surface area (Å²) in [6.07, 6.45) is -4.16. The van der Waals surface area contributed by atoms with Gasteiger partial charge in [-0.05, 0) is 27.7 Å². The van der Waals surface area contributed by atoms with Crippen LogP contribution in [0.3, 0.4) is 0 Å². The lowest BCUT2D eigenvalue weighted by molar-refractivity contribution is -0.155. The van der Waals surface area contributed by atoms with E-state index in [2.05, 4.69) is 0 Å². The molecule has 0 spiro atoms. The Labute approximate surface area is 83.3 Å². The van der Waals surface area contributed by atoms with Crippen molar-refractivity contribution in [3.05, 3.63) is 0 Å². The van der Waals surface area contributed by atoms with E-state index in [1.807, 2.05) is 0 Å². The van der Waals surface area contributed by atoms with Crippen molar-refractivity contribution in [3.8, 4) is 0 Å². The maximum atomic E-state index is 12.2. The van der Waals surface area contributed by atoms with Gasteiger partial charge in [-0.15, -0.1) is 0 Å². The maximum absolute atomic E-state index is 12.2. The van der Waals surface area contributed by atoms with Gasteiger partial charge < -0.3 is 5.73 Å². The molecule has 0 aliphatic rings. The Morgan fingerprint density at radius 3 is 1.79 bits per heavy atom. The van der Waals surface area contributed by atoms with Gasteiger partial charge in [-0.3, -0.25) is 4.90 Å². The van der Waals surface area contributed by atoms with Crippen LogP contribution < -0.4 is 5.73 Å². The van der Waals surface area contributed by atoms with Crippen LogP contribution in [0.2, 0.25) is 0 Å². The van der Waals surface area contributed by atoms with Crippen molar-refractivity contribution in [2.24, 2.45) is 5.73 Å². The van der Waals surface area contributed by atoms with Crippen LogP contribution in [-0.2, 0) is 0 Å². The lowest BCUT2D eigenvalue weighted by Gasteiger charge is -2.35. The quantitative estimate of drug-likeness (QED) is 0.772. The number of hydrogen-bond acceptors (Lipinski definition) is 2. The van der Waals surface area contributed by atoms with E-state index in [1.165, 1.54) is 4.90 Å². The largest absolute Gasteiger partial charge is 0.401 e. The maximum Gasteiger partial charge on any atom is 0.401 e. The van der Waals surface area contributed by atoms with Crippen molar-refractivity contribution in [2.45, 2.75) is 52.0 Å². The van der Waals surface area contributed by atoms with Gasteiger partial charge in [0.25, 0.3) is 0 Å². The van der Waals surface area contributed by atoms with Gasteiger partial charge >= 0.3 is 6.18 Å². The van der Waals surface area contributed by atoms with Crippen molar-refractivity contribution < 1.29 is 13.2 Å². The van der Waals surface area contributed by atoms with E-state index in [9.17, 15) is 13.2 Å². The fourth-order valence-electron chi connectivity index (χ4n) is 1.31. The molecule has 0 heterocycles. The fraction of sp³-hybridized carbons (Fsp3) is 1.00. The first-order chi connectivity index (χ1) is 6.15. The second-order valence-electron chi connectivity index (χ2n) is 3.98. The number of nitrogens with zero attached hydrogens (tertiary/aromatic N) is 1. The van der Waals surface area contributed by atoms with E-state index < -0.39 is 12.7 Å². The van der Waals surface area contributed by atoms with E-state index in [-0.39, 0.29) is 18.1 Å². The van der Waals surface area contributed by atoms with E-state index in [4.69, 9.17) is 5.73 Å². The molecule has 0 saturated carbocycles. The molecule has 0 rings (SSSR count). The molecule has 0 aliphatic heterocycles. The molecule has 2 N–H and O–H groups in total. The highest BCUT2D eigenvalue weighted by Gasteiger charge is 2.34. The first-order valence-electron chi connectivity index (χ1n) is 4.73. The fourth-order valence-corrected chi connectivity index (χ4v) is 1.31. The Balaban J connectivity index is 4.45. The van der Waals surface area contributed by atoms with E-state index in [0.29, 0.717) is 0 Å². The molecule has 2 atom stereocenters. The zero-order valence-corrected chi connectivity index (χ0v) is 9.10. The zero-order chi connectivity index (χ0) is 11.5. The summed E-state index contributed by atoms with van der Waals surface area (Å²) in [5.41, 5.74) is 5.58. The van der Waals surface area contributed by atoms with Gasteiger partial charge in [0.1, 0.15) is 0 Å². The highest BCUT2D eigenvalue weighted by Crippen LogP contribution is 2.20. The zero-order valence-electron chi connectivity index (χ0n) is 9.10. The van der Waals surface area contributed by atoms with Gasteiger partial charge in [-0.25, -0.2) is 0 Å². The molecule has 86 valence electrons. The summed E-state index contributed by atoms with van der Waals surface area (Å²) >= 11 is 0. The molecule has 0 amide bonds. The third kappa shape index (κ3) is 4.81. The molecular weight excluding hydrogens is 193 g/mol. The Morgan fingerprint density at radius 2 is 1.57 bits per heavy atom. The highest BCUT2D eigenvalue weighted by molar-refractivity contribution is 4.79. The Bertz CT molecular complexity index is 166. The summed E-state index contributed by atoms with van der Waals surface area (Å²) in [4.78, 5) is 1.37. The number of nitrogens with two attached hydrogens (primary N) is 1. The number of rotatable bonds is 4. The molecule has 5 heteroatoms. The minimum atomic E-state index is -4.16. The average Bonchev–Trinajstić information content (AvgIpc) is 1.96. The van der Waals surface area contributed by atoms with Crippen LogP contribution >= 0.6 is 0 Å². The van der Waals surface area contributed by atoms with Crippen molar-refractivity contribution in [3.63, 3.8) is 0 Å². The van der Waals surface area contributed by atoms with Crippen LogP contribution in [0.1, 0.15) is 27.7 Å². The van der Waals surface area contributed by atoms with Crippen molar-refractivity contribution >= 4 is 0 Å². The third-order valence-corrected chi connectivity index (χ3v) is 2.31. The van der Waals surface area contributed by atoms with Gasteiger partial charge in [0.05, 0.1) is 6.54 Å². The predicted octanol–water partition coefficient (Wildman–Crippen LogP) is 1.99. The summed E-state index contributed by atoms with van der Waals surface area (Å²) in [7, 11) is 0. The van der Waals surface area contributed by atoms with Gasteiger partial charge in [0.2, 0.25) is 0 Å². The summed E-state index contributed by atoms with van der Waals surface area (Å²) in [6.45, 7) is 6.02. The molecule has 0 bridgehead atoms. The second kappa shape index (κ2) is 4.98. The van der Waals surface area contributed by atoms with Crippen molar-refractivity contribution in [1.29, 1.82) is 0 Å². The topological polar surface area (TPSA) is 29.3 Å². The van der Waals surface area contributed by atoms with E-state index in [0.717, 1.165) is 0 Å². The van der Waals surface area contributed by atoms with Crippen LogP contribution in [0, 0.1) is 0 Å². The summed E-state index contributed by atoms with van der Waals surface area (Å²) in [5, 5.41) is 0. The lowest BCUT2D eigenvalue weighted by Crippen LogP contribution is -2.51. The summed E-state index contributed by atoms with van der Waals surface area (Å²) in [6, 6.07) is -0.686. The van der Waals surface area contributed by atoms with Crippen LogP contribution in [0.15, 0.2) is 0 Å². The van der Waals surface area contributed by atoms with Gasteiger partial charge in [0, 0.05) is 18.1 Å². The summed E-state index contributed by atoms with van der Waals surface area (Å²) < 4.78 is 36.6. The minimum Gasteiger partial charge on any atom is -0.327 e. The smallest absolute Gasteiger partial charge is 0.327 e. The second-order valence-corrected chi connectivity index (χ2v) is 3.98. The standard InChI is InChI=1S/C9H19F3N2/c1-6(2)14(5-9(10,11)12)8(4)7(3)13/h6-8H,5,13H2,1-4H3. The van der Waals surface area contributed by atoms with Crippen molar-refractivity contribution in [1.82, 2.24) is 4.90 Å². The predicted molar refractivity (Wildman–Crippen MR) is 51.0 cm³/mol. The molecule has 0 aromatic carbocycles. The first-order valence-corrected chi connectivity index (χ1v) is 4.73. The molecule has 0 fully saturated rings. The van der Waals surface area contributed by atoms with Crippen molar-refractivity contribution in [2.75, 3.05) is 6.54 Å². The van der Waals surface area contributed by atoms with E-state index >= 15 is 0 Å². The highest BCUT2D eigenvalue weighted by atomic mass is 19.4. The number of hydrogen-bond donors (Lipinski definition) is 1. The van der Waals surface area contributed by atoms with Crippen LogP contribution in [-0.4, -0.2) is 35.7 Å². The first kappa shape index (κ1) is 13.7. The SMILES string of the molecule is CC(N)C(C)N(CC(F)(F)F)C(C)C. The average molecular weight is 212 g/mol. The van der Waals surface area contributed by atoms with Gasteiger partial charge in [-0.1, -0.05) is 0 Å². The number of halogens is 3. The monoisotopic (exact) mass is 212 g/mol. The van der Waals surface area contributed by atoms with Gasteiger partial charge in [-0.2, -0.15) is 13.2 Å². The van der Waals surface area contributed by atoms with Gasteiger partial charge in [0.15, 0.2) is 0 Å². The Kier molecular flexibility index (Phi) is 4.88. The molecule has 2 unspecified atom stereocenters. The van der Waals surface area contributed by atoms with Crippen LogP contribution in [0.5, 0.6) is 0 Å². The molecule has 0 saturated heterocycles. The molecular formula is C9H19F3N2. The van der Waals surface area contributed by atoms with E-state index in [1.54, 1.807) is 27.7 Å². The Hall–Kier alpha value is -0.290. The Morgan fingerprint density at radius 1 is 1.14 bits per heavy atom. The molecule has 14 heavy (non-hydrogen) atoms. The normalized spacial score (nSPS) is 17.6. The molecule has 0 aromatic rings. The third-order valence-electron chi connectivity index (χ3n) is 2.31. The molecule has 0 aromatic heterocycles. The molecule has 0 radical (unpaired) electrons. The lowest BCUT2D eigenvalue weighted by atomic mass is 10.1. The van der Waals surface area contributed by atoms with Crippen LogP contribution in [0.25, 0.3) is 0 Å². The number of alkyl halides is 3. The molecule has 0 aliphatic carbocycles. The summed E-state index contributed by atoms with van der Waals surface area (Å²) in [5.74, 6) is 0. The van der Waals surface area contributed by atoms with Crippen LogP contribution in [0.4, 0.5) is 13.2 Å².